The zero-order valence-electron chi connectivity index (χ0n) is 16.2. The molecule has 0 aliphatic carbocycles. The van der Waals surface area contributed by atoms with Gasteiger partial charge in [0.2, 0.25) is 0 Å². The minimum atomic E-state index is -0.916. The molecular formula is C19H19F2N3O4S. The van der Waals surface area contributed by atoms with E-state index in [0.717, 1.165) is 31.0 Å². The monoisotopic (exact) mass is 423 g/mol. The number of rotatable bonds is 5. The third-order valence-electron chi connectivity index (χ3n) is 3.70. The number of nitrogen functional groups attached to an aromatic ring is 1. The molecule has 0 bridgehead atoms. The molecule has 0 saturated heterocycles. The lowest BCUT2D eigenvalue weighted by Crippen LogP contribution is -2.16. The lowest BCUT2D eigenvalue weighted by molar-refractivity contribution is 0.183. The number of thioether (sulfide) groups is 1. The number of nitrogens with two attached hydrogens (primary N) is 1. The van der Waals surface area contributed by atoms with Crippen LogP contribution in [-0.4, -0.2) is 44.4 Å². The Balaban J connectivity index is 2.79. The zero-order chi connectivity index (χ0) is 21.6. The normalized spacial score (nSPS) is 11.9. The van der Waals surface area contributed by atoms with Crippen LogP contribution in [0.5, 0.6) is 11.5 Å². The van der Waals surface area contributed by atoms with E-state index in [1.54, 1.807) is 6.26 Å². The fourth-order valence-corrected chi connectivity index (χ4v) is 2.83. The van der Waals surface area contributed by atoms with E-state index < -0.39 is 17.7 Å². The van der Waals surface area contributed by atoms with Gasteiger partial charge < -0.3 is 19.9 Å². The van der Waals surface area contributed by atoms with Gasteiger partial charge in [0.15, 0.2) is 17.3 Å². The summed E-state index contributed by atoms with van der Waals surface area (Å²) in [6.45, 7) is 0. The first kappa shape index (κ1) is 22.2. The number of amides is 1. The third kappa shape index (κ3) is 5.23. The van der Waals surface area contributed by atoms with Crippen molar-refractivity contribution in [3.05, 3.63) is 47.5 Å². The van der Waals surface area contributed by atoms with Crippen LogP contribution in [0.3, 0.4) is 0 Å². The second-order valence-corrected chi connectivity index (χ2v) is 6.24. The van der Waals surface area contributed by atoms with Crippen LogP contribution in [0.15, 0.2) is 40.3 Å². The van der Waals surface area contributed by atoms with Crippen LogP contribution in [0.4, 0.5) is 25.0 Å². The molecule has 0 fully saturated rings. The van der Waals surface area contributed by atoms with Gasteiger partial charge in [-0.05, 0) is 30.5 Å². The molecule has 154 valence electrons. The van der Waals surface area contributed by atoms with E-state index in [4.69, 9.17) is 15.2 Å². The fourth-order valence-electron chi connectivity index (χ4n) is 2.32. The first-order chi connectivity index (χ1) is 13.8. The van der Waals surface area contributed by atoms with Crippen LogP contribution in [-0.2, 0) is 4.74 Å². The Morgan fingerprint density at radius 1 is 1.03 bits per heavy atom. The summed E-state index contributed by atoms with van der Waals surface area (Å²) in [6.07, 6.45) is 0.690. The van der Waals surface area contributed by atoms with Crippen molar-refractivity contribution in [3.8, 4) is 11.5 Å². The number of ether oxygens (including phenoxy) is 3. The largest absolute Gasteiger partial charge is 0.493 e. The molecule has 0 unspecified atom stereocenters. The molecule has 2 N–H and O–H groups in total. The van der Waals surface area contributed by atoms with Crippen LogP contribution in [0.1, 0.15) is 5.56 Å². The van der Waals surface area contributed by atoms with Gasteiger partial charge >= 0.3 is 6.09 Å². The molecule has 2 rings (SSSR count). The van der Waals surface area contributed by atoms with E-state index in [0.29, 0.717) is 0 Å². The number of carbonyl (C=O) groups excluding carboxylic acids is 1. The summed E-state index contributed by atoms with van der Waals surface area (Å²) in [6, 6.07) is 6.28. The van der Waals surface area contributed by atoms with Crippen molar-refractivity contribution in [2.75, 3.05) is 33.3 Å². The van der Waals surface area contributed by atoms with E-state index in [-0.39, 0.29) is 39.2 Å². The Morgan fingerprint density at radius 3 is 2.24 bits per heavy atom. The molecule has 2 aromatic carbocycles. The predicted molar refractivity (Wildman–Crippen MR) is 110 cm³/mol. The van der Waals surface area contributed by atoms with Crippen LogP contribution < -0.4 is 15.2 Å². The van der Waals surface area contributed by atoms with Gasteiger partial charge in [-0.1, -0.05) is 0 Å². The molecule has 0 saturated carbocycles. The SMILES string of the molecule is COC(=O)/N=C(SC)/C(=N/c1ccc(N)cc1F)c1cc(OC)c(OC)cc1F. The number of carbonyl (C=O) groups is 1. The number of hydrogen-bond acceptors (Lipinski definition) is 7. The summed E-state index contributed by atoms with van der Waals surface area (Å²) in [5, 5.41) is 0.0131. The number of benzene rings is 2. The van der Waals surface area contributed by atoms with E-state index in [9.17, 15) is 13.6 Å². The average Bonchev–Trinajstić information content (AvgIpc) is 2.71. The first-order valence-corrected chi connectivity index (χ1v) is 9.33. The molecule has 2 aromatic rings. The smallest absolute Gasteiger partial charge is 0.434 e. The maximum atomic E-state index is 14.9. The quantitative estimate of drug-likeness (QED) is 0.440. The molecule has 1 amide bonds. The van der Waals surface area contributed by atoms with Gasteiger partial charge in [0.25, 0.3) is 0 Å². The maximum absolute atomic E-state index is 14.9. The van der Waals surface area contributed by atoms with Crippen LogP contribution in [0.25, 0.3) is 0 Å². The van der Waals surface area contributed by atoms with Crippen LogP contribution in [0.2, 0.25) is 0 Å². The lowest BCUT2D eigenvalue weighted by atomic mass is 10.1. The standard InChI is InChI=1S/C19H19F2N3O4S/c1-26-15-8-11(12(20)9-16(15)27-2)17(18(29-4)24-19(25)28-3)23-14-6-5-10(22)7-13(14)21/h5-9H,22H2,1-4H3/b23-17+,24-18-. The van der Waals surface area contributed by atoms with E-state index in [1.165, 1.54) is 32.4 Å². The van der Waals surface area contributed by atoms with Gasteiger partial charge in [-0.15, -0.1) is 11.8 Å². The Labute approximate surface area is 170 Å². The average molecular weight is 423 g/mol. The lowest BCUT2D eigenvalue weighted by Gasteiger charge is -2.14. The molecule has 0 aromatic heterocycles. The third-order valence-corrected chi connectivity index (χ3v) is 4.37. The summed E-state index contributed by atoms with van der Waals surface area (Å²) in [7, 11) is 3.90. The van der Waals surface area contributed by atoms with Crippen molar-refractivity contribution in [2.24, 2.45) is 9.98 Å². The number of methoxy groups -OCH3 is 3. The minimum absolute atomic E-state index is 0.0131. The second-order valence-electron chi connectivity index (χ2n) is 5.45. The summed E-state index contributed by atoms with van der Waals surface area (Å²) in [5.74, 6) is -1.08. The molecule has 0 aliphatic rings. The van der Waals surface area contributed by atoms with E-state index in [2.05, 4.69) is 14.7 Å². The number of hydrogen-bond donors (Lipinski definition) is 1. The molecule has 0 atom stereocenters. The summed E-state index contributed by atoms with van der Waals surface area (Å²) in [5.41, 5.74) is 5.49. The molecule has 0 aliphatic heterocycles. The molecule has 0 radical (unpaired) electrons. The topological polar surface area (TPSA) is 95.5 Å². The molecular weight excluding hydrogens is 404 g/mol. The molecule has 0 heterocycles. The molecule has 29 heavy (non-hydrogen) atoms. The summed E-state index contributed by atoms with van der Waals surface area (Å²) in [4.78, 5) is 19.7. The van der Waals surface area contributed by atoms with Gasteiger partial charge in [0.1, 0.15) is 16.6 Å². The molecule has 0 spiro atoms. The van der Waals surface area contributed by atoms with E-state index in [1.807, 2.05) is 0 Å². The Kier molecular flexibility index (Phi) is 7.54. The maximum Gasteiger partial charge on any atom is 0.434 e. The Bertz CT molecular complexity index is 980. The summed E-state index contributed by atoms with van der Waals surface area (Å²) >= 11 is 1.01. The van der Waals surface area contributed by atoms with Crippen molar-refractivity contribution in [2.45, 2.75) is 0 Å². The highest BCUT2D eigenvalue weighted by Gasteiger charge is 2.21. The summed E-state index contributed by atoms with van der Waals surface area (Å²) < 4.78 is 44.0. The van der Waals surface area contributed by atoms with Crippen molar-refractivity contribution < 1.29 is 27.8 Å². The first-order valence-electron chi connectivity index (χ1n) is 8.11. The van der Waals surface area contributed by atoms with Gasteiger partial charge in [-0.2, -0.15) is 4.99 Å². The van der Waals surface area contributed by atoms with Crippen LogP contribution >= 0.6 is 11.8 Å². The zero-order valence-corrected chi connectivity index (χ0v) is 17.0. The number of anilines is 1. The van der Waals surface area contributed by atoms with Gasteiger partial charge in [0.05, 0.1) is 27.0 Å². The van der Waals surface area contributed by atoms with E-state index >= 15 is 0 Å². The predicted octanol–water partition coefficient (Wildman–Crippen LogP) is 4.21. The highest BCUT2D eigenvalue weighted by molar-refractivity contribution is 8.15. The molecule has 7 nitrogen and oxygen atoms in total. The minimum Gasteiger partial charge on any atom is -0.493 e. The highest BCUT2D eigenvalue weighted by Crippen LogP contribution is 2.32. The van der Waals surface area contributed by atoms with Crippen molar-refractivity contribution in [1.29, 1.82) is 0 Å². The number of aliphatic imine (C=N–C) groups is 2. The second kappa shape index (κ2) is 9.87. The number of nitrogens with zero attached hydrogens (tertiary/aromatic N) is 2. The van der Waals surface area contributed by atoms with Gasteiger partial charge in [-0.25, -0.2) is 18.6 Å². The Hall–Kier alpha value is -3.14. The Morgan fingerprint density at radius 2 is 1.69 bits per heavy atom. The van der Waals surface area contributed by atoms with Gasteiger partial charge in [0, 0.05) is 17.3 Å². The van der Waals surface area contributed by atoms with Gasteiger partial charge in [-0.3, -0.25) is 0 Å². The van der Waals surface area contributed by atoms with Crippen molar-refractivity contribution >= 4 is 40.0 Å². The van der Waals surface area contributed by atoms with Crippen LogP contribution in [0, 0.1) is 11.6 Å². The molecule has 10 heteroatoms. The fraction of sp³-hybridized carbons (Fsp3) is 0.211. The highest BCUT2D eigenvalue weighted by atomic mass is 32.2. The number of halogens is 2. The van der Waals surface area contributed by atoms with Crippen molar-refractivity contribution in [3.63, 3.8) is 0 Å². The van der Waals surface area contributed by atoms with Crippen molar-refractivity contribution in [1.82, 2.24) is 0 Å².